The van der Waals surface area contributed by atoms with Crippen LogP contribution in [-0.4, -0.2) is 9.55 Å². The summed E-state index contributed by atoms with van der Waals surface area (Å²) in [6, 6.07) is 1.94. The molecule has 0 N–H and O–H groups in total. The number of nitrogens with zero attached hydrogens (tertiary/aromatic N) is 3. The first-order chi connectivity index (χ1) is 4.25. The Balaban J connectivity index is 3.24. The van der Waals surface area contributed by atoms with Gasteiger partial charge in [-0.2, -0.15) is 5.26 Å². The van der Waals surface area contributed by atoms with E-state index in [0.29, 0.717) is 5.82 Å². The molecule has 0 fully saturated rings. The SMILES string of the molecule is Cn1c(Br)cnc1C#N. The first-order valence-corrected chi connectivity index (χ1v) is 3.12. The minimum absolute atomic E-state index is 0.418. The normalized spacial score (nSPS) is 9.00. The van der Waals surface area contributed by atoms with Crippen molar-refractivity contribution in [2.45, 2.75) is 0 Å². The average Bonchev–Trinajstić information content (AvgIpc) is 2.15. The van der Waals surface area contributed by atoms with Gasteiger partial charge in [-0.25, -0.2) is 4.98 Å². The van der Waals surface area contributed by atoms with Gasteiger partial charge >= 0.3 is 0 Å². The van der Waals surface area contributed by atoms with Gasteiger partial charge in [0.25, 0.3) is 0 Å². The molecule has 9 heavy (non-hydrogen) atoms. The Morgan fingerprint density at radius 3 is 2.78 bits per heavy atom. The van der Waals surface area contributed by atoms with Gasteiger partial charge in [0.15, 0.2) is 0 Å². The Morgan fingerprint density at radius 2 is 2.56 bits per heavy atom. The molecule has 0 aliphatic rings. The third-order valence-corrected chi connectivity index (χ3v) is 1.77. The fraction of sp³-hybridized carbons (Fsp3) is 0.200. The van der Waals surface area contributed by atoms with Crippen LogP contribution in [-0.2, 0) is 7.05 Å². The summed E-state index contributed by atoms with van der Waals surface area (Å²) in [5, 5.41) is 8.38. The Bertz CT molecular complexity index is 258. The van der Waals surface area contributed by atoms with Crippen molar-refractivity contribution < 1.29 is 0 Å². The highest BCUT2D eigenvalue weighted by Crippen LogP contribution is 2.08. The summed E-state index contributed by atoms with van der Waals surface area (Å²) in [5.74, 6) is 0.418. The van der Waals surface area contributed by atoms with Crippen LogP contribution in [0.5, 0.6) is 0 Å². The highest BCUT2D eigenvalue weighted by Gasteiger charge is 1.99. The number of halogens is 1. The van der Waals surface area contributed by atoms with Crippen molar-refractivity contribution in [2.75, 3.05) is 0 Å². The van der Waals surface area contributed by atoms with Crippen LogP contribution in [0.3, 0.4) is 0 Å². The van der Waals surface area contributed by atoms with Crippen LogP contribution in [0.1, 0.15) is 5.82 Å². The molecule has 0 unspecified atom stereocenters. The summed E-state index contributed by atoms with van der Waals surface area (Å²) in [6.45, 7) is 0. The maximum Gasteiger partial charge on any atom is 0.213 e. The lowest BCUT2D eigenvalue weighted by molar-refractivity contribution is 0.869. The molecule has 46 valence electrons. The molecule has 1 rings (SSSR count). The standard InChI is InChI=1S/C5H4BrN3/c1-9-4(6)3-8-5(9)2-7/h3H,1H3. The molecule has 0 aromatic carbocycles. The molecule has 1 aromatic rings. The summed E-state index contributed by atoms with van der Waals surface area (Å²) in [7, 11) is 1.77. The zero-order chi connectivity index (χ0) is 6.85. The smallest absolute Gasteiger partial charge is 0.213 e. The second kappa shape index (κ2) is 2.19. The van der Waals surface area contributed by atoms with E-state index in [1.54, 1.807) is 17.8 Å². The lowest BCUT2D eigenvalue weighted by Gasteiger charge is -1.89. The van der Waals surface area contributed by atoms with Gasteiger partial charge in [-0.15, -0.1) is 0 Å². The molecule has 0 radical (unpaired) electrons. The number of aromatic nitrogens is 2. The summed E-state index contributed by atoms with van der Waals surface area (Å²) in [6.07, 6.45) is 1.60. The van der Waals surface area contributed by atoms with Crippen LogP contribution in [0.4, 0.5) is 0 Å². The number of hydrogen-bond acceptors (Lipinski definition) is 2. The van der Waals surface area contributed by atoms with Crippen LogP contribution < -0.4 is 0 Å². The molecule has 0 bridgehead atoms. The van der Waals surface area contributed by atoms with Crippen LogP contribution in [0.25, 0.3) is 0 Å². The molecule has 0 saturated heterocycles. The van der Waals surface area contributed by atoms with E-state index in [0.717, 1.165) is 4.60 Å². The fourth-order valence-electron chi connectivity index (χ4n) is 0.493. The van der Waals surface area contributed by atoms with E-state index in [4.69, 9.17) is 5.26 Å². The van der Waals surface area contributed by atoms with E-state index >= 15 is 0 Å². The molecule has 1 aromatic heterocycles. The van der Waals surface area contributed by atoms with E-state index in [1.807, 2.05) is 6.07 Å². The van der Waals surface area contributed by atoms with Crippen LogP contribution in [0, 0.1) is 11.3 Å². The number of imidazole rings is 1. The maximum absolute atomic E-state index is 8.38. The Hall–Kier alpha value is -0.820. The van der Waals surface area contributed by atoms with E-state index in [-0.39, 0.29) is 0 Å². The van der Waals surface area contributed by atoms with Gasteiger partial charge in [0.1, 0.15) is 10.7 Å². The zero-order valence-electron chi connectivity index (χ0n) is 4.80. The third-order valence-electron chi connectivity index (χ3n) is 1.03. The van der Waals surface area contributed by atoms with Crippen molar-refractivity contribution in [3.05, 3.63) is 16.6 Å². The van der Waals surface area contributed by atoms with E-state index in [2.05, 4.69) is 20.9 Å². The minimum atomic E-state index is 0.418. The molecule has 0 saturated carbocycles. The highest BCUT2D eigenvalue weighted by molar-refractivity contribution is 9.10. The summed E-state index contributed by atoms with van der Waals surface area (Å²) < 4.78 is 2.49. The molecule has 4 heteroatoms. The molecule has 0 aliphatic heterocycles. The second-order valence-corrected chi connectivity index (χ2v) is 2.39. The van der Waals surface area contributed by atoms with Crippen molar-refractivity contribution in [2.24, 2.45) is 7.05 Å². The van der Waals surface area contributed by atoms with Crippen molar-refractivity contribution in [1.29, 1.82) is 5.26 Å². The van der Waals surface area contributed by atoms with Gasteiger partial charge in [0.2, 0.25) is 5.82 Å². The van der Waals surface area contributed by atoms with Gasteiger partial charge in [0, 0.05) is 7.05 Å². The first-order valence-electron chi connectivity index (χ1n) is 2.33. The Labute approximate surface area is 61.1 Å². The van der Waals surface area contributed by atoms with E-state index < -0.39 is 0 Å². The lowest BCUT2D eigenvalue weighted by Crippen LogP contribution is -1.91. The van der Waals surface area contributed by atoms with Gasteiger partial charge in [-0.1, -0.05) is 0 Å². The highest BCUT2D eigenvalue weighted by atomic mass is 79.9. The molecule has 0 amide bonds. The predicted molar refractivity (Wildman–Crippen MR) is 35.6 cm³/mol. The topological polar surface area (TPSA) is 41.6 Å². The molecular formula is C5H4BrN3. The minimum Gasteiger partial charge on any atom is -0.313 e. The number of hydrogen-bond donors (Lipinski definition) is 0. The quantitative estimate of drug-likeness (QED) is 0.607. The van der Waals surface area contributed by atoms with Gasteiger partial charge < -0.3 is 4.57 Å². The summed E-state index contributed by atoms with van der Waals surface area (Å²) in [5.41, 5.74) is 0. The van der Waals surface area contributed by atoms with Crippen LogP contribution in [0.15, 0.2) is 10.8 Å². The molecule has 1 heterocycles. The molecular weight excluding hydrogens is 182 g/mol. The Kier molecular flexibility index (Phi) is 1.54. The zero-order valence-corrected chi connectivity index (χ0v) is 6.38. The van der Waals surface area contributed by atoms with E-state index in [9.17, 15) is 0 Å². The van der Waals surface area contributed by atoms with Crippen LogP contribution >= 0.6 is 15.9 Å². The lowest BCUT2D eigenvalue weighted by atomic mass is 10.7. The van der Waals surface area contributed by atoms with Crippen molar-refractivity contribution >= 4 is 15.9 Å². The maximum atomic E-state index is 8.38. The third kappa shape index (κ3) is 0.958. The fourth-order valence-corrected chi connectivity index (χ4v) is 0.763. The summed E-state index contributed by atoms with van der Waals surface area (Å²) >= 11 is 3.21. The van der Waals surface area contributed by atoms with Crippen molar-refractivity contribution in [1.82, 2.24) is 9.55 Å². The molecule has 0 spiro atoms. The first kappa shape index (κ1) is 6.30. The molecule has 0 atom stereocenters. The van der Waals surface area contributed by atoms with Gasteiger partial charge in [-0.05, 0) is 15.9 Å². The summed E-state index contributed by atoms with van der Waals surface area (Å²) in [4.78, 5) is 3.79. The Morgan fingerprint density at radius 1 is 1.89 bits per heavy atom. The van der Waals surface area contributed by atoms with Gasteiger partial charge in [0.05, 0.1) is 6.20 Å². The largest absolute Gasteiger partial charge is 0.313 e. The van der Waals surface area contributed by atoms with Gasteiger partial charge in [-0.3, -0.25) is 0 Å². The van der Waals surface area contributed by atoms with Crippen molar-refractivity contribution in [3.8, 4) is 6.07 Å². The second-order valence-electron chi connectivity index (χ2n) is 1.58. The van der Waals surface area contributed by atoms with E-state index in [1.165, 1.54) is 0 Å². The monoisotopic (exact) mass is 185 g/mol. The predicted octanol–water partition coefficient (Wildman–Crippen LogP) is 1.05. The number of nitriles is 1. The van der Waals surface area contributed by atoms with Crippen LogP contribution in [0.2, 0.25) is 0 Å². The molecule has 3 nitrogen and oxygen atoms in total. The van der Waals surface area contributed by atoms with Crippen molar-refractivity contribution in [3.63, 3.8) is 0 Å². The number of rotatable bonds is 0. The average molecular weight is 186 g/mol. The molecule has 0 aliphatic carbocycles.